The van der Waals surface area contributed by atoms with Crippen LogP contribution < -0.4 is 11.1 Å². The molecular weight excluding hydrogens is 212 g/mol. The highest BCUT2D eigenvalue weighted by Crippen LogP contribution is 2.22. The molecule has 1 heterocycles. The van der Waals surface area contributed by atoms with Crippen LogP contribution in [-0.2, 0) is 0 Å². The number of rotatable bonds is 2. The summed E-state index contributed by atoms with van der Waals surface area (Å²) in [7, 11) is 0. The van der Waals surface area contributed by atoms with Crippen molar-refractivity contribution in [1.82, 2.24) is 5.32 Å². The second-order valence-corrected chi connectivity index (χ2v) is 3.68. The molecule has 3 nitrogen and oxygen atoms in total. The predicted octanol–water partition coefficient (Wildman–Crippen LogP) is 1.28. The first-order chi connectivity index (χ1) is 6.77. The Bertz CT molecular complexity index is 331. The van der Waals surface area contributed by atoms with E-state index in [9.17, 15) is 4.79 Å². The maximum absolute atomic E-state index is 10.8. The van der Waals surface area contributed by atoms with Gasteiger partial charge in [0, 0.05) is 12.1 Å². The van der Waals surface area contributed by atoms with E-state index in [0.29, 0.717) is 11.5 Å². The second-order valence-electron chi connectivity index (χ2n) is 3.68. The van der Waals surface area contributed by atoms with Crippen LogP contribution in [0.4, 0.5) is 0 Å². The largest absolute Gasteiger partial charge is 0.366 e. The summed E-state index contributed by atoms with van der Waals surface area (Å²) in [5.74, 6) is 0.234. The van der Waals surface area contributed by atoms with Crippen LogP contribution in [0.15, 0.2) is 24.3 Å². The molecule has 0 saturated carbocycles. The van der Waals surface area contributed by atoms with Gasteiger partial charge in [-0.25, -0.2) is 0 Å². The van der Waals surface area contributed by atoms with Crippen molar-refractivity contribution < 1.29 is 4.79 Å². The van der Waals surface area contributed by atoms with Gasteiger partial charge in [0.2, 0.25) is 5.91 Å². The van der Waals surface area contributed by atoms with E-state index in [0.717, 1.165) is 13.1 Å². The van der Waals surface area contributed by atoms with E-state index in [1.54, 1.807) is 12.1 Å². The van der Waals surface area contributed by atoms with Crippen LogP contribution in [-0.4, -0.2) is 19.0 Å². The summed E-state index contributed by atoms with van der Waals surface area (Å²) in [5, 5.41) is 3.32. The lowest BCUT2D eigenvalue weighted by Gasteiger charge is -2.08. The Balaban J connectivity index is 0.00000112. The van der Waals surface area contributed by atoms with Crippen molar-refractivity contribution in [2.24, 2.45) is 5.73 Å². The Morgan fingerprint density at radius 2 is 2.00 bits per heavy atom. The lowest BCUT2D eigenvalue weighted by atomic mass is 9.97. The molecule has 15 heavy (non-hydrogen) atoms. The quantitative estimate of drug-likeness (QED) is 0.799. The lowest BCUT2D eigenvalue weighted by Crippen LogP contribution is -2.11. The van der Waals surface area contributed by atoms with Gasteiger partial charge in [0.25, 0.3) is 0 Å². The predicted molar refractivity (Wildman–Crippen MR) is 62.4 cm³/mol. The molecule has 1 aliphatic heterocycles. The van der Waals surface area contributed by atoms with Crippen molar-refractivity contribution in [2.75, 3.05) is 13.1 Å². The molecule has 1 fully saturated rings. The van der Waals surface area contributed by atoms with E-state index in [4.69, 9.17) is 5.73 Å². The smallest absolute Gasteiger partial charge is 0.248 e. The fourth-order valence-corrected chi connectivity index (χ4v) is 1.86. The Morgan fingerprint density at radius 3 is 2.47 bits per heavy atom. The van der Waals surface area contributed by atoms with Gasteiger partial charge in [0.05, 0.1) is 0 Å². The van der Waals surface area contributed by atoms with Crippen molar-refractivity contribution in [3.8, 4) is 0 Å². The molecule has 1 aromatic rings. The van der Waals surface area contributed by atoms with Crippen LogP contribution in [0.2, 0.25) is 0 Å². The summed E-state index contributed by atoms with van der Waals surface area (Å²) in [6.45, 7) is 2.12. The Labute approximate surface area is 95.5 Å². The van der Waals surface area contributed by atoms with Crippen molar-refractivity contribution in [1.29, 1.82) is 0 Å². The van der Waals surface area contributed by atoms with E-state index in [2.05, 4.69) is 5.32 Å². The zero-order valence-corrected chi connectivity index (χ0v) is 9.22. The van der Waals surface area contributed by atoms with Gasteiger partial charge in [0.15, 0.2) is 0 Å². The Hall–Kier alpha value is -1.06. The molecule has 0 bridgehead atoms. The van der Waals surface area contributed by atoms with Crippen molar-refractivity contribution in [3.63, 3.8) is 0 Å². The normalized spacial score (nSPS) is 19.6. The molecule has 0 aromatic heterocycles. The van der Waals surface area contributed by atoms with Gasteiger partial charge in [-0.3, -0.25) is 4.79 Å². The number of hydrogen-bond acceptors (Lipinski definition) is 2. The van der Waals surface area contributed by atoms with Crippen LogP contribution in [0.5, 0.6) is 0 Å². The Morgan fingerprint density at radius 1 is 1.33 bits per heavy atom. The van der Waals surface area contributed by atoms with Crippen LogP contribution in [0.1, 0.15) is 28.3 Å². The molecule has 4 heteroatoms. The second kappa shape index (κ2) is 5.14. The molecule has 0 unspecified atom stereocenters. The maximum atomic E-state index is 10.8. The summed E-state index contributed by atoms with van der Waals surface area (Å²) in [6.07, 6.45) is 1.18. The first-order valence-electron chi connectivity index (χ1n) is 4.88. The highest BCUT2D eigenvalue weighted by atomic mass is 35.5. The molecule has 0 aliphatic carbocycles. The minimum absolute atomic E-state index is 0. The molecule has 1 saturated heterocycles. The maximum Gasteiger partial charge on any atom is 0.248 e. The molecule has 0 spiro atoms. The number of carbonyl (C=O) groups is 1. The molecule has 1 aliphatic rings. The summed E-state index contributed by atoms with van der Waals surface area (Å²) in [4.78, 5) is 10.8. The van der Waals surface area contributed by atoms with Crippen LogP contribution >= 0.6 is 12.4 Å². The van der Waals surface area contributed by atoms with Crippen molar-refractivity contribution in [3.05, 3.63) is 35.4 Å². The zero-order valence-electron chi connectivity index (χ0n) is 8.40. The summed E-state index contributed by atoms with van der Waals surface area (Å²) < 4.78 is 0. The lowest BCUT2D eigenvalue weighted by molar-refractivity contribution is 0.100. The van der Waals surface area contributed by atoms with Gasteiger partial charge in [-0.1, -0.05) is 12.1 Å². The summed E-state index contributed by atoms with van der Waals surface area (Å²) in [6, 6.07) is 7.60. The average molecular weight is 227 g/mol. The molecule has 1 atom stereocenters. The van der Waals surface area contributed by atoms with E-state index >= 15 is 0 Å². The van der Waals surface area contributed by atoms with Crippen LogP contribution in [0.3, 0.4) is 0 Å². The fraction of sp³-hybridized carbons (Fsp3) is 0.364. The number of nitrogens with one attached hydrogen (secondary N) is 1. The van der Waals surface area contributed by atoms with Gasteiger partial charge in [-0.2, -0.15) is 0 Å². The number of carbonyl (C=O) groups excluding carboxylic acids is 1. The average Bonchev–Trinajstić information content (AvgIpc) is 2.71. The number of nitrogens with two attached hydrogens (primary N) is 1. The number of benzene rings is 1. The fourth-order valence-electron chi connectivity index (χ4n) is 1.86. The Kier molecular flexibility index (Phi) is 4.12. The number of hydrogen-bond donors (Lipinski definition) is 2. The van der Waals surface area contributed by atoms with Crippen LogP contribution in [0.25, 0.3) is 0 Å². The third kappa shape index (κ3) is 2.70. The molecule has 3 N–H and O–H groups in total. The zero-order chi connectivity index (χ0) is 9.97. The minimum atomic E-state index is -0.360. The highest BCUT2D eigenvalue weighted by Gasteiger charge is 2.16. The molecular formula is C11H15ClN2O. The number of primary amides is 1. The van der Waals surface area contributed by atoms with Gasteiger partial charge < -0.3 is 11.1 Å². The SMILES string of the molecule is Cl.NC(=O)c1ccc([C@@H]2CCNC2)cc1. The third-order valence-electron chi connectivity index (χ3n) is 2.73. The number of amides is 1. The highest BCUT2D eigenvalue weighted by molar-refractivity contribution is 5.92. The monoisotopic (exact) mass is 226 g/mol. The van der Waals surface area contributed by atoms with Gasteiger partial charge in [0.1, 0.15) is 0 Å². The molecule has 82 valence electrons. The molecule has 1 amide bonds. The van der Waals surface area contributed by atoms with E-state index in [-0.39, 0.29) is 18.3 Å². The van der Waals surface area contributed by atoms with E-state index < -0.39 is 0 Å². The van der Waals surface area contributed by atoms with E-state index in [1.807, 2.05) is 12.1 Å². The van der Waals surface area contributed by atoms with Gasteiger partial charge in [-0.05, 0) is 36.6 Å². The summed E-state index contributed by atoms with van der Waals surface area (Å²) in [5.41, 5.74) is 7.04. The van der Waals surface area contributed by atoms with Gasteiger partial charge >= 0.3 is 0 Å². The first kappa shape index (κ1) is 12.0. The van der Waals surface area contributed by atoms with Crippen molar-refractivity contribution >= 4 is 18.3 Å². The van der Waals surface area contributed by atoms with Crippen LogP contribution in [0, 0.1) is 0 Å². The standard InChI is InChI=1S/C11H14N2O.ClH/c12-11(14)9-3-1-8(2-4-9)10-5-6-13-7-10;/h1-4,10,13H,5-7H2,(H2,12,14);1H/t10-;/m1./s1. The molecule has 1 aromatic carbocycles. The van der Waals surface area contributed by atoms with E-state index in [1.165, 1.54) is 12.0 Å². The molecule has 0 radical (unpaired) electrons. The third-order valence-corrected chi connectivity index (χ3v) is 2.73. The minimum Gasteiger partial charge on any atom is -0.366 e. The first-order valence-corrected chi connectivity index (χ1v) is 4.88. The number of halogens is 1. The topological polar surface area (TPSA) is 55.1 Å². The van der Waals surface area contributed by atoms with Crippen molar-refractivity contribution in [2.45, 2.75) is 12.3 Å². The van der Waals surface area contributed by atoms with Gasteiger partial charge in [-0.15, -0.1) is 12.4 Å². The molecule has 2 rings (SSSR count). The summed E-state index contributed by atoms with van der Waals surface area (Å²) >= 11 is 0.